The fraction of sp³-hybridized carbons (Fsp3) is 0.476. The zero-order valence-electron chi connectivity index (χ0n) is 19.8. The molecule has 1 fully saturated rings. The number of carboxylic acid groups (broad SMARTS) is 1. The first-order valence-corrected chi connectivity index (χ1v) is 12.5. The summed E-state index contributed by atoms with van der Waals surface area (Å²) in [4.78, 5) is 43.3. The van der Waals surface area contributed by atoms with Gasteiger partial charge in [-0.1, -0.05) is 12.1 Å². The van der Waals surface area contributed by atoms with Gasteiger partial charge in [-0.05, 0) is 42.9 Å². The van der Waals surface area contributed by atoms with Crippen LogP contribution in [0.25, 0.3) is 0 Å². The largest absolute Gasteiger partial charge is 0.573 e. The van der Waals surface area contributed by atoms with Gasteiger partial charge in [-0.15, -0.1) is 13.2 Å². The molecule has 5 N–H and O–H groups in total. The van der Waals surface area contributed by atoms with Crippen LogP contribution >= 0.6 is 7.82 Å². The molecule has 0 radical (unpaired) electrons. The monoisotopic (exact) mass is 552 g/mol. The molecule has 0 saturated carbocycles. The number of alkyl halides is 3. The number of aromatic nitrogens is 2. The Balaban J connectivity index is 0.000000877. The number of ether oxygens (including phenoxy) is 2. The third kappa shape index (κ3) is 12.6. The Bertz CT molecular complexity index is 1060. The number of hydrogen-bond acceptors (Lipinski definition) is 8. The van der Waals surface area contributed by atoms with Gasteiger partial charge in [0.2, 0.25) is 0 Å². The number of methoxy groups -OCH3 is 1. The summed E-state index contributed by atoms with van der Waals surface area (Å²) < 4.78 is 54.7. The maximum absolute atomic E-state index is 12.3. The predicted octanol–water partition coefficient (Wildman–Crippen LogP) is 2.80. The summed E-state index contributed by atoms with van der Waals surface area (Å²) in [5, 5.41) is 12.3. The Labute approximate surface area is 210 Å². The maximum Gasteiger partial charge on any atom is 0.573 e. The first-order valence-electron chi connectivity index (χ1n) is 11.0. The Kier molecular flexibility index (Phi) is 10.9. The molecule has 1 aromatic heterocycles. The van der Waals surface area contributed by atoms with Crippen LogP contribution in [0.2, 0.25) is 0 Å². The van der Waals surface area contributed by atoms with E-state index in [9.17, 15) is 18.0 Å². The fourth-order valence-corrected chi connectivity index (χ4v) is 3.64. The molecular weight excluding hydrogens is 524 g/mol. The lowest BCUT2D eigenvalue weighted by Gasteiger charge is -2.33. The Morgan fingerprint density at radius 2 is 1.86 bits per heavy atom. The summed E-state index contributed by atoms with van der Waals surface area (Å²) in [6.45, 7) is 1.85. The van der Waals surface area contributed by atoms with Crippen molar-refractivity contribution >= 4 is 25.4 Å². The second-order valence-corrected chi connectivity index (χ2v) is 9.06. The van der Waals surface area contributed by atoms with Crippen LogP contribution in [0.3, 0.4) is 0 Å². The highest BCUT2D eigenvalue weighted by Crippen LogP contribution is 2.27. The number of piperidine rings is 1. The summed E-state index contributed by atoms with van der Waals surface area (Å²) in [7, 11) is -3.17. The van der Waals surface area contributed by atoms with Gasteiger partial charge >= 0.3 is 26.2 Å². The number of nitrogens with zero attached hydrogens (tertiary/aromatic N) is 3. The number of benzene rings is 1. The standard InChI is InChI=1S/C21H25F3N4O4.H3O4P/c1-31-20-26-17(12-18(27-20)28-10-2-3-15(13-28)11-19(29)30)25-9-8-14-4-6-16(7-5-14)32-21(22,23)24;1-5(2,3)4/h4-7,12,15H,2-3,8-11,13H2,1H3,(H,29,30)(H,25,26,27);(H3,1,2,3,4). The van der Waals surface area contributed by atoms with E-state index in [1.54, 1.807) is 18.2 Å². The summed E-state index contributed by atoms with van der Waals surface area (Å²) in [5.41, 5.74) is 0.834. The van der Waals surface area contributed by atoms with Crippen molar-refractivity contribution in [2.75, 3.05) is 37.0 Å². The van der Waals surface area contributed by atoms with Crippen molar-refractivity contribution in [1.82, 2.24) is 9.97 Å². The van der Waals surface area contributed by atoms with Crippen LogP contribution in [-0.4, -0.2) is 68.8 Å². The van der Waals surface area contributed by atoms with Crippen molar-refractivity contribution in [3.63, 3.8) is 0 Å². The summed E-state index contributed by atoms with van der Waals surface area (Å²) >= 11 is 0. The van der Waals surface area contributed by atoms with Gasteiger partial charge in [0.1, 0.15) is 17.4 Å². The number of phosphoric acid groups is 1. The molecule has 3 rings (SSSR count). The van der Waals surface area contributed by atoms with Crippen molar-refractivity contribution < 1.29 is 51.8 Å². The van der Waals surface area contributed by atoms with Gasteiger partial charge in [-0.3, -0.25) is 4.79 Å². The number of rotatable bonds is 9. The number of hydrogen-bond donors (Lipinski definition) is 5. The zero-order valence-corrected chi connectivity index (χ0v) is 20.7. The van der Waals surface area contributed by atoms with Gasteiger partial charge < -0.3 is 39.5 Å². The number of carbonyl (C=O) groups is 1. The van der Waals surface area contributed by atoms with Gasteiger partial charge in [0.25, 0.3) is 0 Å². The van der Waals surface area contributed by atoms with E-state index in [2.05, 4.69) is 20.0 Å². The molecule has 1 aliphatic heterocycles. The van der Waals surface area contributed by atoms with Crippen molar-refractivity contribution in [2.45, 2.75) is 32.0 Å². The zero-order chi connectivity index (χ0) is 27.6. The van der Waals surface area contributed by atoms with Crippen LogP contribution in [0.1, 0.15) is 24.8 Å². The minimum absolute atomic E-state index is 0.0583. The molecule has 2 aromatic rings. The van der Waals surface area contributed by atoms with Gasteiger partial charge in [-0.2, -0.15) is 9.97 Å². The molecule has 37 heavy (non-hydrogen) atoms. The van der Waals surface area contributed by atoms with Crippen molar-refractivity contribution in [3.05, 3.63) is 35.9 Å². The van der Waals surface area contributed by atoms with E-state index in [1.807, 2.05) is 4.90 Å². The third-order valence-corrected chi connectivity index (χ3v) is 5.06. The molecule has 0 spiro atoms. The predicted molar refractivity (Wildman–Crippen MR) is 125 cm³/mol. The molecule has 206 valence electrons. The minimum Gasteiger partial charge on any atom is -0.481 e. The van der Waals surface area contributed by atoms with Crippen LogP contribution in [0.4, 0.5) is 24.8 Å². The maximum atomic E-state index is 12.3. The highest BCUT2D eigenvalue weighted by Gasteiger charge is 2.31. The van der Waals surface area contributed by atoms with Crippen LogP contribution < -0.4 is 19.7 Å². The highest BCUT2D eigenvalue weighted by atomic mass is 31.2. The lowest BCUT2D eigenvalue weighted by atomic mass is 9.95. The van der Waals surface area contributed by atoms with Gasteiger partial charge in [-0.25, -0.2) is 4.57 Å². The smallest absolute Gasteiger partial charge is 0.481 e. The topological polar surface area (TPSA) is 175 Å². The highest BCUT2D eigenvalue weighted by molar-refractivity contribution is 7.45. The molecule has 1 atom stereocenters. The van der Waals surface area contributed by atoms with Crippen LogP contribution in [0, 0.1) is 5.92 Å². The summed E-state index contributed by atoms with van der Waals surface area (Å²) in [5.74, 6) is 0.190. The van der Waals surface area contributed by atoms with E-state index >= 15 is 0 Å². The quantitative estimate of drug-likeness (QED) is 0.288. The summed E-state index contributed by atoms with van der Waals surface area (Å²) in [6.07, 6.45) is -2.30. The second-order valence-electron chi connectivity index (χ2n) is 8.03. The first-order chi connectivity index (χ1) is 17.2. The molecule has 0 amide bonds. The number of nitrogens with one attached hydrogen (secondary N) is 1. The molecule has 16 heteroatoms. The number of anilines is 2. The van der Waals surface area contributed by atoms with E-state index < -0.39 is 20.2 Å². The molecule has 2 heterocycles. The third-order valence-electron chi connectivity index (χ3n) is 5.06. The second kappa shape index (κ2) is 13.4. The minimum atomic E-state index is -4.71. The van der Waals surface area contributed by atoms with Crippen molar-refractivity contribution in [2.24, 2.45) is 5.92 Å². The van der Waals surface area contributed by atoms with E-state index in [4.69, 9.17) is 29.1 Å². The van der Waals surface area contributed by atoms with Crippen LogP contribution in [0.5, 0.6) is 11.8 Å². The Morgan fingerprint density at radius 1 is 1.22 bits per heavy atom. The lowest BCUT2D eigenvalue weighted by molar-refractivity contribution is -0.274. The SMILES string of the molecule is COc1nc(NCCc2ccc(OC(F)(F)F)cc2)cc(N2CCCC(CC(=O)O)C2)n1.O=P(O)(O)O. The lowest BCUT2D eigenvalue weighted by Crippen LogP contribution is -2.37. The molecule has 1 saturated heterocycles. The van der Waals surface area contributed by atoms with E-state index in [1.165, 1.54) is 19.2 Å². The van der Waals surface area contributed by atoms with Gasteiger partial charge in [0.05, 0.1) is 7.11 Å². The van der Waals surface area contributed by atoms with Crippen LogP contribution in [-0.2, 0) is 15.8 Å². The first kappa shape index (κ1) is 30.1. The van der Waals surface area contributed by atoms with E-state index in [-0.39, 0.29) is 24.1 Å². The van der Waals surface area contributed by atoms with Crippen molar-refractivity contribution in [3.8, 4) is 11.8 Å². The van der Waals surface area contributed by atoms with Crippen molar-refractivity contribution in [1.29, 1.82) is 0 Å². The Hall–Kier alpha value is -3.13. The Morgan fingerprint density at radius 3 is 2.43 bits per heavy atom. The molecule has 1 unspecified atom stereocenters. The average Bonchev–Trinajstić information content (AvgIpc) is 2.78. The molecule has 1 aromatic carbocycles. The fourth-order valence-electron chi connectivity index (χ4n) is 3.64. The molecule has 0 bridgehead atoms. The van der Waals surface area contributed by atoms with E-state index in [0.717, 1.165) is 24.9 Å². The number of carboxylic acids is 1. The van der Waals surface area contributed by atoms with E-state index in [0.29, 0.717) is 31.1 Å². The molecule has 12 nitrogen and oxygen atoms in total. The van der Waals surface area contributed by atoms with Crippen LogP contribution in [0.15, 0.2) is 30.3 Å². The molecule has 1 aliphatic rings. The number of aliphatic carboxylic acids is 1. The summed E-state index contributed by atoms with van der Waals surface area (Å²) in [6, 6.07) is 7.68. The average molecular weight is 552 g/mol. The van der Waals surface area contributed by atoms with Gasteiger partial charge in [0, 0.05) is 32.1 Å². The molecule has 0 aliphatic carbocycles. The number of halogens is 3. The van der Waals surface area contributed by atoms with Gasteiger partial charge in [0.15, 0.2) is 0 Å². The normalized spacial score (nSPS) is 15.9. The molecular formula is C21H28F3N4O8P.